The van der Waals surface area contributed by atoms with Gasteiger partial charge in [0.05, 0.1) is 62.2 Å². The van der Waals surface area contributed by atoms with Crippen molar-refractivity contribution in [2.45, 2.75) is 67.7 Å². The molecule has 6 aromatic carbocycles. The van der Waals surface area contributed by atoms with Crippen molar-refractivity contribution in [3.8, 4) is 28.7 Å². The molecule has 79 heavy (non-hydrogen) atoms. The van der Waals surface area contributed by atoms with Crippen molar-refractivity contribution in [2.75, 3.05) is 41.7 Å². The lowest BCUT2D eigenvalue weighted by Gasteiger charge is -2.50. The van der Waals surface area contributed by atoms with Crippen molar-refractivity contribution < 1.29 is 95.5 Å². The smallest absolute Gasteiger partial charge is 0.338 e. The number of benzene rings is 6. The fourth-order valence-corrected chi connectivity index (χ4v) is 8.78. The molecule has 22 heteroatoms. The van der Waals surface area contributed by atoms with E-state index in [9.17, 15) is 34.4 Å². The Morgan fingerprint density at radius 3 is 1.47 bits per heavy atom. The zero-order valence-electron chi connectivity index (χ0n) is 42.8. The van der Waals surface area contributed by atoms with Gasteiger partial charge < -0.3 is 71.4 Å². The summed E-state index contributed by atoms with van der Waals surface area (Å²) in [5.74, 6) is -2.14. The van der Waals surface area contributed by atoms with Crippen LogP contribution in [0.1, 0.15) is 53.3 Å². The molecule has 0 aliphatic carbocycles. The number of methoxy groups -OCH3 is 4. The van der Waals surface area contributed by atoms with Crippen LogP contribution in [0.3, 0.4) is 0 Å². The normalized spacial score (nSPS) is 24.3. The third-order valence-corrected chi connectivity index (χ3v) is 13.0. The van der Waals surface area contributed by atoms with E-state index < -0.39 is 103 Å². The van der Waals surface area contributed by atoms with Crippen LogP contribution in [-0.4, -0.2) is 137 Å². The van der Waals surface area contributed by atoms with E-state index in [-0.39, 0.29) is 40.3 Å². The molecular weight excluding hydrogens is 1030 g/mol. The van der Waals surface area contributed by atoms with E-state index in [4.69, 9.17) is 66.3 Å². The predicted octanol–water partition coefficient (Wildman–Crippen LogP) is 6.85. The van der Waals surface area contributed by atoms with E-state index in [0.717, 1.165) is 0 Å². The summed E-state index contributed by atoms with van der Waals surface area (Å²) in [6, 6.07) is 37.4. The molecule has 3 aliphatic heterocycles. The van der Waals surface area contributed by atoms with Crippen LogP contribution in [-0.2, 0) is 42.6 Å². The van der Waals surface area contributed by atoms with Gasteiger partial charge in [0, 0.05) is 17.7 Å². The standard InChI is InChI=1S/C57H53NO21/c1-66-38-20-10-32(11-21-38)51(60)70-30-43-47(75-52(61)33-12-22-39(67-2)23-13-33)49(76-53(62)34-14-24-40(68-3)25-15-34)50(77-54(63)35-16-26-41(69-4)27-17-35)57(74-43)79-48-45(59)56(72-42-28-18-37(19-29-42)58(64)65)73-44-31-71-55(78-46(44)48)36-8-6-5-7-9-36/h5-29,43-50,55-57,59H,30-31H2,1-4H3. The molecule has 0 radical (unpaired) electrons. The number of nitro groups is 1. The lowest BCUT2D eigenvalue weighted by Crippen LogP contribution is -2.68. The molecule has 11 atom stereocenters. The number of esters is 4. The molecule has 3 fully saturated rings. The molecule has 3 heterocycles. The van der Waals surface area contributed by atoms with Crippen molar-refractivity contribution in [1.82, 2.24) is 0 Å². The van der Waals surface area contributed by atoms with Gasteiger partial charge in [-0.3, -0.25) is 10.1 Å². The predicted molar refractivity (Wildman–Crippen MR) is 272 cm³/mol. The Hall–Kier alpha value is -8.64. The molecule has 0 aromatic heterocycles. The topological polar surface area (TPSA) is 261 Å². The van der Waals surface area contributed by atoms with Crippen LogP contribution in [0.5, 0.6) is 28.7 Å². The van der Waals surface area contributed by atoms with Gasteiger partial charge >= 0.3 is 23.9 Å². The summed E-state index contributed by atoms with van der Waals surface area (Å²) in [5, 5.41) is 24.0. The van der Waals surface area contributed by atoms with Crippen LogP contribution < -0.4 is 23.7 Å². The summed E-state index contributed by atoms with van der Waals surface area (Å²) < 4.78 is 84.5. The molecule has 0 amide bonds. The minimum Gasteiger partial charge on any atom is -0.497 e. The first-order valence-corrected chi connectivity index (χ1v) is 24.6. The molecule has 22 nitrogen and oxygen atoms in total. The second-order valence-electron chi connectivity index (χ2n) is 17.8. The summed E-state index contributed by atoms with van der Waals surface area (Å²) in [5.41, 5.74) is 0.395. The summed E-state index contributed by atoms with van der Waals surface area (Å²) in [6.07, 6.45) is -17.6. The maximum atomic E-state index is 14.6. The van der Waals surface area contributed by atoms with Gasteiger partial charge in [-0.1, -0.05) is 30.3 Å². The van der Waals surface area contributed by atoms with Crippen molar-refractivity contribution in [2.24, 2.45) is 0 Å². The Labute approximate surface area is 451 Å². The first-order chi connectivity index (χ1) is 38.3. The maximum Gasteiger partial charge on any atom is 0.338 e. The van der Waals surface area contributed by atoms with Gasteiger partial charge in [-0.05, 0) is 109 Å². The number of hydrogen-bond donors (Lipinski definition) is 1. The molecule has 3 aliphatic rings. The van der Waals surface area contributed by atoms with Gasteiger partial charge in [0.15, 0.2) is 30.9 Å². The third-order valence-electron chi connectivity index (χ3n) is 13.0. The molecule has 9 rings (SSSR count). The summed E-state index contributed by atoms with van der Waals surface area (Å²) in [7, 11) is 5.78. The van der Waals surface area contributed by atoms with E-state index in [1.165, 1.54) is 138 Å². The van der Waals surface area contributed by atoms with Gasteiger partial charge in [0.25, 0.3) is 5.69 Å². The number of carbonyl (C=O) groups excluding carboxylic acids is 4. The maximum absolute atomic E-state index is 14.6. The number of hydrogen-bond acceptors (Lipinski definition) is 21. The van der Waals surface area contributed by atoms with Crippen LogP contribution in [0.4, 0.5) is 5.69 Å². The number of non-ortho nitro benzene ring substituents is 1. The van der Waals surface area contributed by atoms with Crippen LogP contribution >= 0.6 is 0 Å². The van der Waals surface area contributed by atoms with E-state index in [0.29, 0.717) is 28.6 Å². The number of aliphatic hydroxyl groups is 1. The first kappa shape index (κ1) is 55.1. The number of fused-ring (bicyclic) bond motifs is 1. The van der Waals surface area contributed by atoms with Gasteiger partial charge in [0.1, 0.15) is 65.9 Å². The lowest BCUT2D eigenvalue weighted by atomic mass is 9.95. The average molecular weight is 1090 g/mol. The second-order valence-corrected chi connectivity index (χ2v) is 17.8. The monoisotopic (exact) mass is 1090 g/mol. The molecule has 1 N–H and O–H groups in total. The van der Waals surface area contributed by atoms with Gasteiger partial charge in [-0.15, -0.1) is 0 Å². The van der Waals surface area contributed by atoms with E-state index in [1.807, 2.05) is 0 Å². The minimum absolute atomic E-state index is 0.000212. The summed E-state index contributed by atoms with van der Waals surface area (Å²) in [6.45, 7) is -0.885. The number of carbonyl (C=O) groups is 4. The molecule has 6 aromatic rings. The molecule has 0 saturated carbocycles. The van der Waals surface area contributed by atoms with Crippen molar-refractivity contribution in [3.05, 3.63) is 190 Å². The van der Waals surface area contributed by atoms with Crippen LogP contribution in [0.25, 0.3) is 0 Å². The number of nitrogens with zero attached hydrogens (tertiary/aromatic N) is 1. The summed E-state index contributed by atoms with van der Waals surface area (Å²) in [4.78, 5) is 68.2. The number of rotatable bonds is 19. The Balaban J connectivity index is 1.15. The molecule has 11 unspecified atom stereocenters. The number of aliphatic hydroxyl groups excluding tert-OH is 1. The minimum atomic E-state index is -1.95. The molecule has 0 spiro atoms. The molecule has 3 saturated heterocycles. The highest BCUT2D eigenvalue weighted by molar-refractivity contribution is 5.92. The van der Waals surface area contributed by atoms with Crippen molar-refractivity contribution >= 4 is 29.6 Å². The van der Waals surface area contributed by atoms with E-state index in [1.54, 1.807) is 42.5 Å². The zero-order valence-corrected chi connectivity index (χ0v) is 42.8. The molecular formula is C57H53NO21. The fourth-order valence-electron chi connectivity index (χ4n) is 8.78. The van der Waals surface area contributed by atoms with Crippen molar-refractivity contribution in [1.29, 1.82) is 0 Å². The van der Waals surface area contributed by atoms with Gasteiger partial charge in [0.2, 0.25) is 6.29 Å². The van der Waals surface area contributed by atoms with E-state index >= 15 is 0 Å². The zero-order chi connectivity index (χ0) is 55.6. The van der Waals surface area contributed by atoms with Gasteiger partial charge in [-0.25, -0.2) is 19.2 Å². The van der Waals surface area contributed by atoms with Crippen LogP contribution in [0.15, 0.2) is 152 Å². The Morgan fingerprint density at radius 2 is 0.987 bits per heavy atom. The average Bonchev–Trinajstić information content (AvgIpc) is 3.56. The lowest BCUT2D eigenvalue weighted by molar-refractivity contribution is -0.385. The fraction of sp³-hybridized carbons (Fsp3) is 0.298. The Morgan fingerprint density at radius 1 is 0.532 bits per heavy atom. The van der Waals surface area contributed by atoms with Gasteiger partial charge in [-0.2, -0.15) is 0 Å². The number of nitro benzene ring substituents is 1. The SMILES string of the molecule is COc1ccc(C(=O)OCC2OC(OC3C(O)C(Oc4ccc([N+](=O)[O-])cc4)OC4COC(c5ccccc5)OC43)C(OC(=O)c3ccc(OC)cc3)C(OC(=O)c3ccc(OC)cc3)C2OC(=O)c2ccc(OC)cc2)cc1. The Bertz CT molecular complexity index is 3030. The third kappa shape index (κ3) is 13.0. The van der Waals surface area contributed by atoms with Crippen LogP contribution in [0, 0.1) is 10.1 Å². The first-order valence-electron chi connectivity index (χ1n) is 24.6. The quantitative estimate of drug-likeness (QED) is 0.0376. The number of ether oxygens (including phenoxy) is 14. The Kier molecular flexibility index (Phi) is 17.6. The second kappa shape index (κ2) is 25.2. The summed E-state index contributed by atoms with van der Waals surface area (Å²) >= 11 is 0. The highest BCUT2D eigenvalue weighted by Gasteiger charge is 2.58. The molecule has 412 valence electrons. The molecule has 0 bridgehead atoms. The van der Waals surface area contributed by atoms with E-state index in [2.05, 4.69) is 0 Å². The largest absolute Gasteiger partial charge is 0.497 e. The highest BCUT2D eigenvalue weighted by atomic mass is 16.8. The highest BCUT2D eigenvalue weighted by Crippen LogP contribution is 2.40. The van der Waals surface area contributed by atoms with Crippen molar-refractivity contribution in [3.63, 3.8) is 0 Å². The van der Waals surface area contributed by atoms with Crippen LogP contribution in [0.2, 0.25) is 0 Å².